The van der Waals surface area contributed by atoms with Gasteiger partial charge in [-0.3, -0.25) is 4.40 Å². The molecule has 0 atom stereocenters. The Morgan fingerprint density at radius 1 is 0.850 bits per heavy atom. The molecule has 7 rings (SSSR count). The number of hydrogen-bond acceptors (Lipinski definition) is 5. The molecule has 0 bridgehead atoms. The van der Waals surface area contributed by atoms with Crippen LogP contribution in [0.25, 0.3) is 16.9 Å². The molecular weight excluding hydrogens is 496 g/mol. The summed E-state index contributed by atoms with van der Waals surface area (Å²) in [5, 5.41) is 3.72. The molecule has 0 spiro atoms. The fourth-order valence-electron chi connectivity index (χ4n) is 6.13. The van der Waals surface area contributed by atoms with Gasteiger partial charge in [-0.05, 0) is 84.3 Å². The zero-order chi connectivity index (χ0) is 26.9. The molecule has 0 amide bonds. The van der Waals surface area contributed by atoms with Crippen LogP contribution in [-0.4, -0.2) is 29.6 Å². The van der Waals surface area contributed by atoms with E-state index in [0.717, 1.165) is 47.1 Å². The molecule has 0 unspecified atom stereocenters. The van der Waals surface area contributed by atoms with Crippen molar-refractivity contribution in [1.29, 1.82) is 0 Å². The zero-order valence-electron chi connectivity index (χ0n) is 22.9. The molecule has 1 N–H and O–H groups in total. The Morgan fingerprint density at radius 2 is 1.60 bits per heavy atom. The number of aryl methyl sites for hydroxylation is 2. The van der Waals surface area contributed by atoms with Crippen LogP contribution in [0.1, 0.15) is 35.1 Å². The number of ether oxygens (including phenoxy) is 2. The molecule has 6 heteroatoms. The smallest absolute Gasteiger partial charge is 0.181 e. The minimum absolute atomic E-state index is 0.496. The lowest BCUT2D eigenvalue weighted by molar-refractivity contribution is 0.308. The molecule has 202 valence electrons. The van der Waals surface area contributed by atoms with Crippen LogP contribution in [0.5, 0.6) is 11.5 Å². The molecule has 4 heterocycles. The Kier molecular flexibility index (Phi) is 6.52. The monoisotopic (exact) mass is 530 g/mol. The minimum Gasteiger partial charge on any atom is -0.497 e. The second kappa shape index (κ2) is 10.6. The Balaban J connectivity index is 1.30. The standard InChI is InChI=1S/C34H34N4O2/c1-39-29-15-13-24(14-16-29)22-35-34-31(28-20-26-10-5-17-37-18-6-11-27(21-28)32(26)37)36-33-30(12-7-19-38(33)34)40-23-25-8-3-2-4-9-25/h2-4,7-9,12-16,19-21,35H,5-6,10-11,17-18,22-23H2,1H3. The summed E-state index contributed by atoms with van der Waals surface area (Å²) in [7, 11) is 1.69. The number of nitrogens with one attached hydrogen (secondary N) is 1. The zero-order valence-corrected chi connectivity index (χ0v) is 22.9. The van der Waals surface area contributed by atoms with E-state index in [1.165, 1.54) is 53.9 Å². The van der Waals surface area contributed by atoms with E-state index in [9.17, 15) is 0 Å². The number of imidazole rings is 1. The van der Waals surface area contributed by atoms with E-state index in [2.05, 4.69) is 57.2 Å². The van der Waals surface area contributed by atoms with Gasteiger partial charge in [-0.1, -0.05) is 42.5 Å². The van der Waals surface area contributed by atoms with Crippen molar-refractivity contribution in [2.75, 3.05) is 30.4 Å². The van der Waals surface area contributed by atoms with Crippen LogP contribution in [0.4, 0.5) is 11.5 Å². The van der Waals surface area contributed by atoms with Gasteiger partial charge in [0, 0.05) is 37.1 Å². The molecule has 40 heavy (non-hydrogen) atoms. The van der Waals surface area contributed by atoms with Gasteiger partial charge in [0.2, 0.25) is 0 Å². The molecule has 2 aliphatic heterocycles. The normalized spacial score (nSPS) is 14.2. The third kappa shape index (κ3) is 4.64. The number of nitrogens with zero attached hydrogens (tertiary/aromatic N) is 3. The number of rotatable bonds is 8. The van der Waals surface area contributed by atoms with E-state index in [-0.39, 0.29) is 0 Å². The topological polar surface area (TPSA) is 51.0 Å². The first-order valence-corrected chi connectivity index (χ1v) is 14.2. The number of methoxy groups -OCH3 is 1. The summed E-state index contributed by atoms with van der Waals surface area (Å²) >= 11 is 0. The third-order valence-electron chi connectivity index (χ3n) is 8.08. The number of hydrogen-bond donors (Lipinski definition) is 1. The largest absolute Gasteiger partial charge is 0.497 e. The van der Waals surface area contributed by atoms with Gasteiger partial charge >= 0.3 is 0 Å². The highest BCUT2D eigenvalue weighted by molar-refractivity contribution is 5.81. The van der Waals surface area contributed by atoms with Crippen molar-refractivity contribution < 1.29 is 9.47 Å². The minimum atomic E-state index is 0.496. The first-order valence-electron chi connectivity index (χ1n) is 14.2. The Labute approximate surface area is 235 Å². The summed E-state index contributed by atoms with van der Waals surface area (Å²) in [4.78, 5) is 7.82. The van der Waals surface area contributed by atoms with Gasteiger partial charge in [0.1, 0.15) is 23.9 Å². The lowest BCUT2D eigenvalue weighted by Crippen LogP contribution is -2.34. The Morgan fingerprint density at radius 3 is 2.33 bits per heavy atom. The third-order valence-corrected chi connectivity index (χ3v) is 8.08. The van der Waals surface area contributed by atoms with Crippen LogP contribution in [0, 0.1) is 0 Å². The van der Waals surface area contributed by atoms with E-state index in [0.29, 0.717) is 13.2 Å². The van der Waals surface area contributed by atoms with Gasteiger partial charge in [-0.25, -0.2) is 4.98 Å². The first-order chi connectivity index (χ1) is 19.8. The fraction of sp³-hybridized carbons (Fsp3) is 0.265. The lowest BCUT2D eigenvalue weighted by atomic mass is 9.89. The van der Waals surface area contributed by atoms with Gasteiger partial charge < -0.3 is 19.7 Å². The molecule has 6 nitrogen and oxygen atoms in total. The highest BCUT2D eigenvalue weighted by atomic mass is 16.5. The van der Waals surface area contributed by atoms with Crippen molar-refractivity contribution >= 4 is 17.2 Å². The Bertz CT molecular complexity index is 1610. The van der Waals surface area contributed by atoms with Gasteiger partial charge in [0.15, 0.2) is 11.4 Å². The summed E-state index contributed by atoms with van der Waals surface area (Å²) in [5.41, 5.74) is 9.65. The molecule has 0 radical (unpaired) electrons. The highest BCUT2D eigenvalue weighted by Crippen LogP contribution is 2.41. The van der Waals surface area contributed by atoms with E-state index in [4.69, 9.17) is 14.5 Å². The summed E-state index contributed by atoms with van der Waals surface area (Å²) in [6.07, 6.45) is 6.74. The fourth-order valence-corrected chi connectivity index (χ4v) is 6.13. The second-order valence-corrected chi connectivity index (χ2v) is 10.7. The van der Waals surface area contributed by atoms with E-state index in [1.807, 2.05) is 42.5 Å². The van der Waals surface area contributed by atoms with Crippen LogP contribution in [-0.2, 0) is 26.0 Å². The SMILES string of the molecule is COc1ccc(CNc2c(-c3cc4c5c(c3)CCCN5CCC4)nc3c(OCc4ccccc4)cccn23)cc1. The van der Waals surface area contributed by atoms with Crippen molar-refractivity contribution in [3.63, 3.8) is 0 Å². The van der Waals surface area contributed by atoms with Gasteiger partial charge in [-0.15, -0.1) is 0 Å². The van der Waals surface area contributed by atoms with Crippen LogP contribution in [0.3, 0.4) is 0 Å². The Hall–Kier alpha value is -4.45. The number of anilines is 2. The number of fused-ring (bicyclic) bond motifs is 1. The number of benzene rings is 3. The van der Waals surface area contributed by atoms with Crippen LogP contribution in [0.2, 0.25) is 0 Å². The number of pyridine rings is 1. The van der Waals surface area contributed by atoms with Gasteiger partial charge in [-0.2, -0.15) is 0 Å². The molecule has 5 aromatic rings. The molecule has 0 saturated heterocycles. The number of aromatic nitrogens is 2. The lowest BCUT2D eigenvalue weighted by Gasteiger charge is -2.37. The van der Waals surface area contributed by atoms with Crippen LogP contribution < -0.4 is 19.7 Å². The van der Waals surface area contributed by atoms with Crippen LogP contribution >= 0.6 is 0 Å². The maximum atomic E-state index is 6.32. The van der Waals surface area contributed by atoms with Crippen molar-refractivity contribution in [1.82, 2.24) is 9.38 Å². The predicted molar refractivity (Wildman–Crippen MR) is 161 cm³/mol. The van der Waals surface area contributed by atoms with Gasteiger partial charge in [0.05, 0.1) is 7.11 Å². The molecule has 0 saturated carbocycles. The molecule has 3 aromatic carbocycles. The second-order valence-electron chi connectivity index (χ2n) is 10.7. The van der Waals surface area contributed by atoms with Crippen molar-refractivity contribution in [2.24, 2.45) is 0 Å². The summed E-state index contributed by atoms with van der Waals surface area (Å²) in [6, 6.07) is 27.3. The van der Waals surface area contributed by atoms with Crippen LogP contribution in [0.15, 0.2) is 85.1 Å². The van der Waals surface area contributed by atoms with E-state index < -0.39 is 0 Å². The summed E-state index contributed by atoms with van der Waals surface area (Å²) < 4.78 is 13.8. The van der Waals surface area contributed by atoms with Gasteiger partial charge in [0.25, 0.3) is 0 Å². The predicted octanol–water partition coefficient (Wildman–Crippen LogP) is 6.90. The van der Waals surface area contributed by atoms with Crippen molar-refractivity contribution in [3.05, 3.63) is 107 Å². The maximum absolute atomic E-state index is 6.32. The summed E-state index contributed by atoms with van der Waals surface area (Å²) in [5.74, 6) is 2.61. The van der Waals surface area contributed by atoms with E-state index in [1.54, 1.807) is 7.11 Å². The van der Waals surface area contributed by atoms with E-state index >= 15 is 0 Å². The maximum Gasteiger partial charge on any atom is 0.181 e. The summed E-state index contributed by atoms with van der Waals surface area (Å²) in [6.45, 7) is 3.51. The molecule has 2 aliphatic rings. The average molecular weight is 531 g/mol. The van der Waals surface area contributed by atoms with Crippen molar-refractivity contribution in [2.45, 2.75) is 38.8 Å². The molecular formula is C34H34N4O2. The quantitative estimate of drug-likeness (QED) is 0.237. The first kappa shape index (κ1) is 24.6. The molecule has 0 fully saturated rings. The molecule has 0 aliphatic carbocycles. The molecule has 2 aromatic heterocycles. The highest BCUT2D eigenvalue weighted by Gasteiger charge is 2.26. The average Bonchev–Trinajstić information content (AvgIpc) is 3.39. The van der Waals surface area contributed by atoms with Crippen molar-refractivity contribution in [3.8, 4) is 22.8 Å².